The van der Waals surface area contributed by atoms with Crippen LogP contribution < -0.4 is 5.73 Å². The zero-order valence-corrected chi connectivity index (χ0v) is 25.8. The molecule has 2 bridgehead atoms. The minimum Gasteiger partial charge on any atom is -0.366 e. The number of allylic oxidation sites excluding steroid dienone is 1. The molecule has 37 heavy (non-hydrogen) atoms. The summed E-state index contributed by atoms with van der Waals surface area (Å²) in [5.41, 5.74) is 7.75. The minimum atomic E-state index is -3.62. The molecule has 0 aromatic heterocycles. The molecule has 212 valence electrons. The summed E-state index contributed by atoms with van der Waals surface area (Å²) >= 11 is 3.33. The average molecular weight is 600 g/mol. The molecule has 4 rings (SSSR count). The molecule has 0 saturated heterocycles. The van der Waals surface area contributed by atoms with Gasteiger partial charge in [-0.05, 0) is 48.0 Å². The number of hydrogen-bond donors (Lipinski definition) is 1. The van der Waals surface area contributed by atoms with Crippen molar-refractivity contribution in [1.82, 2.24) is 4.31 Å². The Kier molecular flexibility index (Phi) is 14.6. The van der Waals surface area contributed by atoms with Gasteiger partial charge >= 0.3 is 0 Å². The third-order valence-corrected chi connectivity index (χ3v) is 10.6. The van der Waals surface area contributed by atoms with Crippen LogP contribution in [0.3, 0.4) is 0 Å². The van der Waals surface area contributed by atoms with Crippen LogP contribution in [0.2, 0.25) is 0 Å². The Hall–Kier alpha value is -1.44. The molecule has 1 aromatic rings. The third-order valence-electron chi connectivity index (χ3n) is 7.25. The van der Waals surface area contributed by atoms with Crippen molar-refractivity contribution in [2.75, 3.05) is 7.05 Å². The van der Waals surface area contributed by atoms with E-state index in [1.165, 1.54) is 49.2 Å². The molecule has 3 unspecified atom stereocenters. The highest BCUT2D eigenvalue weighted by Crippen LogP contribution is 2.62. The zero-order valence-electron chi connectivity index (χ0n) is 23.4. The van der Waals surface area contributed by atoms with Gasteiger partial charge in [-0.2, -0.15) is 0 Å². The quantitative estimate of drug-likeness (QED) is 0.357. The van der Waals surface area contributed by atoms with Crippen molar-refractivity contribution >= 4 is 31.9 Å². The number of carbonyl (C=O) groups is 1. The smallest absolute Gasteiger partial charge is 0.248 e. The van der Waals surface area contributed by atoms with Crippen LogP contribution in [0, 0.1) is 16.7 Å². The van der Waals surface area contributed by atoms with Gasteiger partial charge in [-0.15, -0.1) is 0 Å². The molecule has 2 saturated carbocycles. The second-order valence-corrected chi connectivity index (χ2v) is 13.7. The standard InChI is InChI=1S/C15H17BrN2O3S.C10H18.2C2H6.CH4/c1-18(10-11-5-3-2-4-6-11)22(20,21)14-9-12(15(17)19)7-8-13(14)16;1-9(2)7-10(3)5-4-8(9)6-10;2*1-2;/h2-9,13-14H,10H2,1H3,(H2,17,19);8H,4-7H2,1-3H3;2*1-2H3;1H4/t;8-,10?;;;/m.1.../s1. The van der Waals surface area contributed by atoms with Crippen LogP contribution in [0.15, 0.2) is 54.1 Å². The molecule has 1 aromatic carbocycles. The van der Waals surface area contributed by atoms with Crippen LogP contribution in [0.5, 0.6) is 0 Å². The van der Waals surface area contributed by atoms with Crippen molar-refractivity contribution in [3.05, 3.63) is 59.7 Å². The fourth-order valence-electron chi connectivity index (χ4n) is 5.58. The van der Waals surface area contributed by atoms with Gasteiger partial charge < -0.3 is 5.73 Å². The van der Waals surface area contributed by atoms with E-state index in [-0.39, 0.29) is 19.5 Å². The summed E-state index contributed by atoms with van der Waals surface area (Å²) in [4.78, 5) is 10.9. The Morgan fingerprint density at radius 1 is 1.11 bits per heavy atom. The van der Waals surface area contributed by atoms with E-state index in [1.807, 2.05) is 58.0 Å². The number of halogens is 1. The Bertz CT molecular complexity index is 1000. The molecule has 0 heterocycles. The van der Waals surface area contributed by atoms with Gasteiger partial charge in [0.1, 0.15) is 5.25 Å². The lowest BCUT2D eigenvalue weighted by molar-refractivity contribution is -0.114. The maximum atomic E-state index is 12.7. The first kappa shape index (κ1) is 35.6. The first-order valence-corrected chi connectivity index (χ1v) is 15.6. The van der Waals surface area contributed by atoms with Crippen molar-refractivity contribution < 1.29 is 13.2 Å². The molecule has 7 heteroatoms. The summed E-state index contributed by atoms with van der Waals surface area (Å²) in [7, 11) is -2.10. The maximum Gasteiger partial charge on any atom is 0.248 e. The van der Waals surface area contributed by atoms with Crippen LogP contribution in [0.25, 0.3) is 0 Å². The van der Waals surface area contributed by atoms with E-state index in [1.54, 1.807) is 6.08 Å². The van der Waals surface area contributed by atoms with Crippen molar-refractivity contribution in [3.8, 4) is 0 Å². The van der Waals surface area contributed by atoms with E-state index >= 15 is 0 Å². The summed E-state index contributed by atoms with van der Waals surface area (Å²) in [5.74, 6) is 0.416. The Balaban J connectivity index is 0.000000719. The van der Waals surface area contributed by atoms with Crippen LogP contribution in [-0.2, 0) is 21.4 Å². The monoisotopic (exact) mass is 598 g/mol. The van der Waals surface area contributed by atoms with Crippen LogP contribution in [-0.4, -0.2) is 35.8 Å². The van der Waals surface area contributed by atoms with Gasteiger partial charge in [0.25, 0.3) is 0 Å². The van der Waals surface area contributed by atoms with E-state index in [4.69, 9.17) is 5.73 Å². The number of nitrogens with two attached hydrogens (primary N) is 1. The molecule has 2 fully saturated rings. The van der Waals surface area contributed by atoms with Gasteiger partial charge in [-0.3, -0.25) is 4.79 Å². The maximum absolute atomic E-state index is 12.7. The highest BCUT2D eigenvalue weighted by Gasteiger charge is 2.51. The summed E-state index contributed by atoms with van der Waals surface area (Å²) in [5, 5.41) is -0.867. The zero-order chi connectivity index (χ0) is 27.7. The number of benzene rings is 1. The second-order valence-electron chi connectivity index (χ2n) is 10.5. The Labute approximate surface area is 236 Å². The summed E-state index contributed by atoms with van der Waals surface area (Å²) in [6.45, 7) is 15.6. The fourth-order valence-corrected chi connectivity index (χ4v) is 8.18. The molecule has 3 aliphatic rings. The molecule has 3 aliphatic carbocycles. The molecule has 0 radical (unpaired) electrons. The highest BCUT2D eigenvalue weighted by molar-refractivity contribution is 9.09. The van der Waals surface area contributed by atoms with Crippen molar-refractivity contribution in [2.45, 2.75) is 98.2 Å². The predicted molar refractivity (Wildman–Crippen MR) is 163 cm³/mol. The lowest BCUT2D eigenvalue weighted by atomic mass is 9.73. The SMILES string of the molecule is C.CC.CC.CC12CC[C@H](C1)C(C)(C)C2.CN(Cc1ccccc1)S(=O)(=O)C1C=C(C(N)=O)C=CC1Br. The minimum absolute atomic E-state index is 0. The molecule has 1 amide bonds. The number of fused-ring (bicyclic) bond motifs is 2. The van der Waals surface area contributed by atoms with E-state index in [0.717, 1.165) is 16.9 Å². The number of sulfonamides is 1. The number of rotatable bonds is 5. The van der Waals surface area contributed by atoms with E-state index in [9.17, 15) is 13.2 Å². The summed E-state index contributed by atoms with van der Waals surface area (Å²) in [6, 6.07) is 9.32. The molecule has 4 atom stereocenters. The fraction of sp³-hybridized carbons (Fsp3) is 0.633. The van der Waals surface area contributed by atoms with E-state index < -0.39 is 26.0 Å². The average Bonchev–Trinajstić information content (AvgIpc) is 3.34. The van der Waals surface area contributed by atoms with Gasteiger partial charge in [0.05, 0.1) is 4.83 Å². The highest BCUT2D eigenvalue weighted by atomic mass is 79.9. The Morgan fingerprint density at radius 2 is 1.68 bits per heavy atom. The molecule has 0 spiro atoms. The normalized spacial score (nSPS) is 26.8. The predicted octanol–water partition coefficient (Wildman–Crippen LogP) is 7.47. The van der Waals surface area contributed by atoms with Gasteiger partial charge in [-0.1, -0.05) is 120 Å². The lowest BCUT2D eigenvalue weighted by Crippen LogP contribution is -2.40. The largest absolute Gasteiger partial charge is 0.366 e. The second kappa shape index (κ2) is 15.2. The van der Waals surface area contributed by atoms with Gasteiger partial charge in [0, 0.05) is 19.2 Å². The number of hydrogen-bond acceptors (Lipinski definition) is 3. The van der Waals surface area contributed by atoms with Crippen LogP contribution >= 0.6 is 15.9 Å². The van der Waals surface area contributed by atoms with E-state index in [0.29, 0.717) is 5.41 Å². The molecule has 5 nitrogen and oxygen atoms in total. The number of nitrogens with zero attached hydrogens (tertiary/aromatic N) is 1. The number of primary amides is 1. The first-order chi connectivity index (χ1) is 16.8. The van der Waals surface area contributed by atoms with Gasteiger partial charge in [-0.25, -0.2) is 12.7 Å². The molecular weight excluding hydrogens is 548 g/mol. The number of alkyl halides is 1. The van der Waals surface area contributed by atoms with Gasteiger partial charge in [0.15, 0.2) is 0 Å². The van der Waals surface area contributed by atoms with Crippen molar-refractivity contribution in [1.29, 1.82) is 0 Å². The van der Waals surface area contributed by atoms with Crippen molar-refractivity contribution in [3.63, 3.8) is 0 Å². The Morgan fingerprint density at radius 3 is 2.08 bits per heavy atom. The number of carbonyl (C=O) groups excluding carboxylic acids is 1. The third kappa shape index (κ3) is 9.36. The summed E-state index contributed by atoms with van der Waals surface area (Å²) in [6.07, 6.45) is 10.6. The summed E-state index contributed by atoms with van der Waals surface area (Å²) < 4.78 is 26.8. The first-order valence-electron chi connectivity index (χ1n) is 13.2. The number of amides is 1. The van der Waals surface area contributed by atoms with E-state index in [2.05, 4.69) is 36.7 Å². The molecular formula is C30H51BrN2O3S. The molecule has 0 aliphatic heterocycles. The van der Waals surface area contributed by atoms with Crippen LogP contribution in [0.1, 0.15) is 87.1 Å². The van der Waals surface area contributed by atoms with Crippen molar-refractivity contribution in [2.24, 2.45) is 22.5 Å². The molecule has 2 N–H and O–H groups in total. The lowest BCUT2D eigenvalue weighted by Gasteiger charge is -2.32. The topological polar surface area (TPSA) is 80.5 Å². The van der Waals surface area contributed by atoms with Crippen LogP contribution in [0.4, 0.5) is 0 Å². The van der Waals surface area contributed by atoms with Gasteiger partial charge in [0.2, 0.25) is 15.9 Å².